The quantitative estimate of drug-likeness (QED) is 0.879. The van der Waals surface area contributed by atoms with Crippen LogP contribution in [-0.2, 0) is 6.42 Å². The molecular formula is C17H26N2O3. The number of carbonyl (C=O) groups is 1. The Morgan fingerprint density at radius 3 is 2.68 bits per heavy atom. The highest BCUT2D eigenvalue weighted by Crippen LogP contribution is 2.32. The van der Waals surface area contributed by atoms with Crippen LogP contribution in [0.15, 0.2) is 18.2 Å². The first-order valence-electron chi connectivity index (χ1n) is 7.96. The first-order valence-corrected chi connectivity index (χ1v) is 7.96. The van der Waals surface area contributed by atoms with Crippen molar-refractivity contribution < 1.29 is 14.3 Å². The van der Waals surface area contributed by atoms with Crippen molar-refractivity contribution in [1.29, 1.82) is 0 Å². The summed E-state index contributed by atoms with van der Waals surface area (Å²) in [5.74, 6) is 2.02. The second-order valence-corrected chi connectivity index (χ2v) is 5.94. The minimum absolute atomic E-state index is 0.00411. The molecule has 0 fully saturated rings. The molecule has 22 heavy (non-hydrogen) atoms. The number of nitrogens with zero attached hydrogens (tertiary/aromatic N) is 1. The number of rotatable bonds is 6. The van der Waals surface area contributed by atoms with Crippen LogP contribution in [-0.4, -0.2) is 36.9 Å². The topological polar surface area (TPSA) is 50.8 Å². The van der Waals surface area contributed by atoms with Crippen molar-refractivity contribution in [2.45, 2.75) is 40.2 Å². The van der Waals surface area contributed by atoms with Gasteiger partial charge in [0, 0.05) is 19.1 Å². The second kappa shape index (κ2) is 7.38. The molecule has 1 aromatic rings. The van der Waals surface area contributed by atoms with Crippen molar-refractivity contribution in [2.24, 2.45) is 5.92 Å². The highest BCUT2D eigenvalue weighted by atomic mass is 16.7. The standard InChI is InChI=1S/C17H26N2O3/c1-5-19(13(4)12(2)3)17(20)18-9-8-14-6-7-15-16(10-14)22-11-21-15/h6-7,10,12-13H,5,8-9,11H2,1-4H3,(H,18,20). The fourth-order valence-corrected chi connectivity index (χ4v) is 2.49. The Bertz CT molecular complexity index is 517. The lowest BCUT2D eigenvalue weighted by Gasteiger charge is -2.30. The van der Waals surface area contributed by atoms with Crippen molar-refractivity contribution in [1.82, 2.24) is 10.2 Å². The molecule has 0 aliphatic carbocycles. The van der Waals surface area contributed by atoms with E-state index >= 15 is 0 Å². The van der Waals surface area contributed by atoms with Gasteiger partial charge < -0.3 is 19.7 Å². The molecule has 1 aromatic carbocycles. The number of carbonyl (C=O) groups excluding carboxylic acids is 1. The molecule has 0 aromatic heterocycles. The van der Waals surface area contributed by atoms with E-state index in [2.05, 4.69) is 26.1 Å². The number of hydrogen-bond donors (Lipinski definition) is 1. The molecule has 1 aliphatic rings. The highest BCUT2D eigenvalue weighted by molar-refractivity contribution is 5.74. The number of amides is 2. The van der Waals surface area contributed by atoms with Gasteiger partial charge >= 0.3 is 6.03 Å². The summed E-state index contributed by atoms with van der Waals surface area (Å²) >= 11 is 0. The molecule has 0 spiro atoms. The monoisotopic (exact) mass is 306 g/mol. The third kappa shape index (κ3) is 3.84. The van der Waals surface area contributed by atoms with E-state index in [1.807, 2.05) is 30.0 Å². The number of hydrogen-bond acceptors (Lipinski definition) is 3. The summed E-state index contributed by atoms with van der Waals surface area (Å²) in [6.45, 7) is 9.98. The van der Waals surface area contributed by atoms with E-state index in [-0.39, 0.29) is 18.9 Å². The lowest BCUT2D eigenvalue weighted by atomic mass is 10.1. The fourth-order valence-electron chi connectivity index (χ4n) is 2.49. The van der Waals surface area contributed by atoms with Gasteiger partial charge in [-0.3, -0.25) is 0 Å². The maximum atomic E-state index is 12.3. The second-order valence-electron chi connectivity index (χ2n) is 5.94. The Labute approximate surface area is 132 Å². The van der Waals surface area contributed by atoms with Gasteiger partial charge in [0.2, 0.25) is 6.79 Å². The first kappa shape index (κ1) is 16.5. The normalized spacial score (nSPS) is 14.0. The fraction of sp³-hybridized carbons (Fsp3) is 0.588. The predicted octanol–water partition coefficient (Wildman–Crippen LogP) is 3.03. The number of urea groups is 1. The summed E-state index contributed by atoms with van der Waals surface area (Å²) in [5, 5.41) is 3.00. The average Bonchev–Trinajstić information content (AvgIpc) is 2.95. The number of nitrogens with one attached hydrogen (secondary N) is 1. The zero-order chi connectivity index (χ0) is 16.1. The van der Waals surface area contributed by atoms with Gasteiger partial charge in [0.05, 0.1) is 0 Å². The molecule has 1 N–H and O–H groups in total. The molecule has 2 rings (SSSR count). The Balaban J connectivity index is 1.83. The molecule has 0 saturated heterocycles. The Morgan fingerprint density at radius 2 is 2.00 bits per heavy atom. The van der Waals surface area contributed by atoms with E-state index < -0.39 is 0 Å². The van der Waals surface area contributed by atoms with Crippen LogP contribution >= 0.6 is 0 Å². The van der Waals surface area contributed by atoms with Crippen LogP contribution in [0.3, 0.4) is 0 Å². The summed E-state index contributed by atoms with van der Waals surface area (Å²) in [6, 6.07) is 6.13. The van der Waals surface area contributed by atoms with E-state index in [1.54, 1.807) is 0 Å². The number of benzene rings is 1. The molecule has 0 saturated carbocycles. The maximum Gasteiger partial charge on any atom is 0.317 e. The lowest BCUT2D eigenvalue weighted by Crippen LogP contribution is -2.47. The summed E-state index contributed by atoms with van der Waals surface area (Å²) < 4.78 is 10.7. The molecule has 1 unspecified atom stereocenters. The average molecular weight is 306 g/mol. The molecular weight excluding hydrogens is 280 g/mol. The molecule has 0 bridgehead atoms. The van der Waals surface area contributed by atoms with E-state index in [9.17, 15) is 4.79 Å². The largest absolute Gasteiger partial charge is 0.454 e. The van der Waals surface area contributed by atoms with Crippen LogP contribution in [0.2, 0.25) is 0 Å². The summed E-state index contributed by atoms with van der Waals surface area (Å²) in [4.78, 5) is 14.1. The van der Waals surface area contributed by atoms with Crippen LogP contribution < -0.4 is 14.8 Å². The van der Waals surface area contributed by atoms with Crippen molar-refractivity contribution in [3.8, 4) is 11.5 Å². The minimum Gasteiger partial charge on any atom is -0.454 e. The van der Waals surface area contributed by atoms with Gasteiger partial charge in [-0.25, -0.2) is 4.79 Å². The van der Waals surface area contributed by atoms with Gasteiger partial charge in [-0.2, -0.15) is 0 Å². The minimum atomic E-state index is 0.00411. The van der Waals surface area contributed by atoms with E-state index in [4.69, 9.17) is 9.47 Å². The molecule has 1 aliphatic heterocycles. The van der Waals surface area contributed by atoms with E-state index in [1.165, 1.54) is 0 Å². The highest BCUT2D eigenvalue weighted by Gasteiger charge is 2.20. The molecule has 2 amide bonds. The lowest BCUT2D eigenvalue weighted by molar-refractivity contribution is 0.166. The van der Waals surface area contributed by atoms with Gasteiger partial charge in [-0.15, -0.1) is 0 Å². The third-order valence-electron chi connectivity index (χ3n) is 4.18. The molecule has 1 atom stereocenters. The maximum absolute atomic E-state index is 12.3. The molecule has 1 heterocycles. The zero-order valence-corrected chi connectivity index (χ0v) is 13.9. The van der Waals surface area contributed by atoms with Gasteiger partial charge in [-0.05, 0) is 43.9 Å². The van der Waals surface area contributed by atoms with Gasteiger partial charge in [0.25, 0.3) is 0 Å². The summed E-state index contributed by atoms with van der Waals surface area (Å²) in [5.41, 5.74) is 1.13. The Morgan fingerprint density at radius 1 is 1.27 bits per heavy atom. The number of ether oxygens (including phenoxy) is 2. The van der Waals surface area contributed by atoms with Crippen LogP contribution in [0.1, 0.15) is 33.3 Å². The van der Waals surface area contributed by atoms with Crippen LogP contribution in [0.25, 0.3) is 0 Å². The van der Waals surface area contributed by atoms with Gasteiger partial charge in [-0.1, -0.05) is 19.9 Å². The first-order chi connectivity index (χ1) is 10.5. The van der Waals surface area contributed by atoms with Crippen LogP contribution in [0.4, 0.5) is 4.79 Å². The van der Waals surface area contributed by atoms with Crippen molar-refractivity contribution >= 4 is 6.03 Å². The van der Waals surface area contributed by atoms with Crippen molar-refractivity contribution in [2.75, 3.05) is 19.9 Å². The molecule has 5 heteroatoms. The third-order valence-corrected chi connectivity index (χ3v) is 4.18. The smallest absolute Gasteiger partial charge is 0.317 e. The predicted molar refractivity (Wildman–Crippen MR) is 86.3 cm³/mol. The molecule has 0 radical (unpaired) electrons. The summed E-state index contributed by atoms with van der Waals surface area (Å²) in [7, 11) is 0. The number of fused-ring (bicyclic) bond motifs is 1. The van der Waals surface area contributed by atoms with Crippen molar-refractivity contribution in [3.63, 3.8) is 0 Å². The van der Waals surface area contributed by atoms with Crippen LogP contribution in [0.5, 0.6) is 11.5 Å². The van der Waals surface area contributed by atoms with Gasteiger partial charge in [0.1, 0.15) is 0 Å². The summed E-state index contributed by atoms with van der Waals surface area (Å²) in [6.07, 6.45) is 0.774. The Kier molecular flexibility index (Phi) is 5.52. The SMILES string of the molecule is CCN(C(=O)NCCc1ccc2c(c1)OCO2)C(C)C(C)C. The van der Waals surface area contributed by atoms with E-state index in [0.717, 1.165) is 30.0 Å². The van der Waals surface area contributed by atoms with E-state index in [0.29, 0.717) is 12.5 Å². The molecule has 122 valence electrons. The van der Waals surface area contributed by atoms with Gasteiger partial charge in [0.15, 0.2) is 11.5 Å². The Hall–Kier alpha value is -1.91. The van der Waals surface area contributed by atoms with Crippen LogP contribution in [0, 0.1) is 5.92 Å². The zero-order valence-electron chi connectivity index (χ0n) is 13.9. The molecule has 5 nitrogen and oxygen atoms in total. The van der Waals surface area contributed by atoms with Crippen molar-refractivity contribution in [3.05, 3.63) is 23.8 Å².